The van der Waals surface area contributed by atoms with Crippen molar-refractivity contribution in [3.8, 4) is 5.69 Å². The first-order valence-corrected chi connectivity index (χ1v) is 9.05. The van der Waals surface area contributed by atoms with Crippen molar-refractivity contribution in [1.29, 1.82) is 0 Å². The summed E-state index contributed by atoms with van der Waals surface area (Å²) in [6, 6.07) is 15.6. The van der Waals surface area contributed by atoms with Crippen LogP contribution >= 0.6 is 27.7 Å². The molecule has 0 atom stereocenters. The second kappa shape index (κ2) is 7.63. The van der Waals surface area contributed by atoms with E-state index in [4.69, 9.17) is 0 Å². The zero-order valence-corrected chi connectivity index (χ0v) is 15.3. The zero-order chi connectivity index (χ0) is 16.9. The largest absolute Gasteiger partial charge is 0.325 e. The number of anilines is 1. The molecule has 7 heteroatoms. The standard InChI is InChI=1S/C17H15BrN4OS/c1-12-9-13(18)7-8-15(12)20-16(23)10-24-17-21-19-11-22(17)14-5-3-2-4-6-14/h2-9,11H,10H2,1H3,(H,20,23). The van der Waals surface area contributed by atoms with Crippen molar-refractivity contribution in [2.45, 2.75) is 12.1 Å². The summed E-state index contributed by atoms with van der Waals surface area (Å²) >= 11 is 4.77. The molecule has 1 amide bonds. The van der Waals surface area contributed by atoms with E-state index in [9.17, 15) is 4.79 Å². The van der Waals surface area contributed by atoms with Gasteiger partial charge in [0, 0.05) is 15.8 Å². The predicted molar refractivity (Wildman–Crippen MR) is 99.6 cm³/mol. The van der Waals surface area contributed by atoms with Crippen molar-refractivity contribution in [1.82, 2.24) is 14.8 Å². The summed E-state index contributed by atoms with van der Waals surface area (Å²) in [5.41, 5.74) is 2.79. The van der Waals surface area contributed by atoms with Gasteiger partial charge < -0.3 is 5.32 Å². The minimum Gasteiger partial charge on any atom is -0.325 e. The Balaban J connectivity index is 1.64. The first-order chi connectivity index (χ1) is 11.6. The highest BCUT2D eigenvalue weighted by Crippen LogP contribution is 2.22. The second-order valence-corrected chi connectivity index (χ2v) is 6.97. The van der Waals surface area contributed by atoms with Gasteiger partial charge in [-0.15, -0.1) is 10.2 Å². The molecule has 0 aliphatic heterocycles. The molecule has 0 radical (unpaired) electrons. The number of rotatable bonds is 5. The van der Waals surface area contributed by atoms with Crippen molar-refractivity contribution in [3.63, 3.8) is 0 Å². The quantitative estimate of drug-likeness (QED) is 0.653. The van der Waals surface area contributed by atoms with Crippen molar-refractivity contribution < 1.29 is 4.79 Å². The molecule has 0 aliphatic rings. The van der Waals surface area contributed by atoms with Gasteiger partial charge in [0.1, 0.15) is 6.33 Å². The highest BCUT2D eigenvalue weighted by atomic mass is 79.9. The van der Waals surface area contributed by atoms with Crippen LogP contribution in [-0.2, 0) is 4.79 Å². The van der Waals surface area contributed by atoms with Crippen LogP contribution in [0.25, 0.3) is 5.69 Å². The lowest BCUT2D eigenvalue weighted by atomic mass is 10.2. The normalized spacial score (nSPS) is 10.6. The number of amides is 1. The first kappa shape index (κ1) is 16.7. The van der Waals surface area contributed by atoms with Gasteiger partial charge in [-0.2, -0.15) is 0 Å². The molecular formula is C17H15BrN4OS. The summed E-state index contributed by atoms with van der Waals surface area (Å²) in [6.45, 7) is 1.96. The van der Waals surface area contributed by atoms with Crippen LogP contribution in [0.4, 0.5) is 5.69 Å². The molecule has 0 bridgehead atoms. The Morgan fingerprint density at radius 1 is 1.25 bits per heavy atom. The molecule has 3 rings (SSSR count). The first-order valence-electron chi connectivity index (χ1n) is 7.28. The Morgan fingerprint density at radius 2 is 2.04 bits per heavy atom. The molecular weight excluding hydrogens is 388 g/mol. The topological polar surface area (TPSA) is 59.8 Å². The highest BCUT2D eigenvalue weighted by molar-refractivity contribution is 9.10. The predicted octanol–water partition coefficient (Wildman–Crippen LogP) is 4.07. The number of hydrogen-bond acceptors (Lipinski definition) is 4. The molecule has 0 saturated carbocycles. The molecule has 5 nitrogen and oxygen atoms in total. The van der Waals surface area contributed by atoms with Crippen molar-refractivity contribution in [3.05, 3.63) is 64.9 Å². The molecule has 1 heterocycles. The summed E-state index contributed by atoms with van der Waals surface area (Å²) < 4.78 is 2.85. The minimum atomic E-state index is -0.0759. The molecule has 2 aromatic carbocycles. The average Bonchev–Trinajstić information content (AvgIpc) is 3.05. The zero-order valence-electron chi connectivity index (χ0n) is 12.9. The fourth-order valence-corrected chi connectivity index (χ4v) is 3.38. The van der Waals surface area contributed by atoms with Gasteiger partial charge in [0.15, 0.2) is 5.16 Å². The van der Waals surface area contributed by atoms with Gasteiger partial charge in [-0.05, 0) is 42.8 Å². The lowest BCUT2D eigenvalue weighted by molar-refractivity contribution is -0.113. The maximum atomic E-state index is 12.2. The third kappa shape index (κ3) is 4.04. The van der Waals surface area contributed by atoms with Gasteiger partial charge in [-0.1, -0.05) is 45.9 Å². The van der Waals surface area contributed by atoms with Gasteiger partial charge in [-0.3, -0.25) is 9.36 Å². The van der Waals surface area contributed by atoms with E-state index in [1.54, 1.807) is 6.33 Å². The maximum absolute atomic E-state index is 12.2. The van der Waals surface area contributed by atoms with E-state index in [0.717, 1.165) is 21.4 Å². The van der Waals surface area contributed by atoms with Crippen LogP contribution in [0, 0.1) is 6.92 Å². The molecule has 24 heavy (non-hydrogen) atoms. The number of carbonyl (C=O) groups excluding carboxylic acids is 1. The maximum Gasteiger partial charge on any atom is 0.234 e. The number of aromatic nitrogens is 3. The average molecular weight is 403 g/mol. The number of hydrogen-bond donors (Lipinski definition) is 1. The third-order valence-electron chi connectivity index (χ3n) is 3.35. The van der Waals surface area contributed by atoms with Crippen molar-refractivity contribution in [2.24, 2.45) is 0 Å². The minimum absolute atomic E-state index is 0.0759. The van der Waals surface area contributed by atoms with Crippen LogP contribution in [0.1, 0.15) is 5.56 Å². The summed E-state index contributed by atoms with van der Waals surface area (Å²) in [7, 11) is 0. The van der Waals surface area contributed by atoms with E-state index in [1.807, 2.05) is 60.0 Å². The van der Waals surface area contributed by atoms with Gasteiger partial charge in [0.2, 0.25) is 5.91 Å². The van der Waals surface area contributed by atoms with E-state index >= 15 is 0 Å². The van der Waals surface area contributed by atoms with Crippen molar-refractivity contribution >= 4 is 39.3 Å². The fraction of sp³-hybridized carbons (Fsp3) is 0.118. The molecule has 122 valence electrons. The third-order valence-corrected chi connectivity index (χ3v) is 4.78. The smallest absolute Gasteiger partial charge is 0.234 e. The fourth-order valence-electron chi connectivity index (χ4n) is 2.17. The van der Waals surface area contributed by atoms with E-state index in [0.29, 0.717) is 5.16 Å². The number of carbonyl (C=O) groups is 1. The lowest BCUT2D eigenvalue weighted by Gasteiger charge is -2.09. The molecule has 0 spiro atoms. The van der Waals surface area contributed by atoms with Gasteiger partial charge in [0.25, 0.3) is 0 Å². The van der Waals surface area contributed by atoms with E-state index in [-0.39, 0.29) is 11.7 Å². The van der Waals surface area contributed by atoms with Gasteiger partial charge >= 0.3 is 0 Å². The number of nitrogens with zero attached hydrogens (tertiary/aromatic N) is 3. The number of benzene rings is 2. The number of aryl methyl sites for hydroxylation is 1. The lowest BCUT2D eigenvalue weighted by Crippen LogP contribution is -2.15. The number of halogens is 1. The van der Waals surface area contributed by atoms with E-state index in [2.05, 4.69) is 31.4 Å². The SMILES string of the molecule is Cc1cc(Br)ccc1NC(=O)CSc1nncn1-c1ccccc1. The summed E-state index contributed by atoms with van der Waals surface area (Å²) in [5, 5.41) is 11.6. The Morgan fingerprint density at radius 3 is 2.79 bits per heavy atom. The molecule has 0 saturated heterocycles. The Kier molecular flexibility index (Phi) is 5.32. The molecule has 0 unspecified atom stereocenters. The van der Waals surface area contributed by atoms with Crippen LogP contribution in [0.15, 0.2) is 64.5 Å². The van der Waals surface area contributed by atoms with Crippen LogP contribution in [0.5, 0.6) is 0 Å². The summed E-state index contributed by atoms with van der Waals surface area (Å²) in [6.07, 6.45) is 1.65. The Labute approximate surface area is 152 Å². The molecule has 1 aromatic heterocycles. The second-order valence-electron chi connectivity index (χ2n) is 5.12. The summed E-state index contributed by atoms with van der Waals surface area (Å²) in [5.74, 6) is 0.189. The van der Waals surface area contributed by atoms with Crippen LogP contribution in [0.2, 0.25) is 0 Å². The number of thioether (sulfide) groups is 1. The van der Waals surface area contributed by atoms with Crippen LogP contribution in [0.3, 0.4) is 0 Å². The van der Waals surface area contributed by atoms with Gasteiger partial charge in [0.05, 0.1) is 5.75 Å². The molecule has 0 aliphatic carbocycles. The van der Waals surface area contributed by atoms with Gasteiger partial charge in [-0.25, -0.2) is 0 Å². The molecule has 1 N–H and O–H groups in total. The van der Waals surface area contributed by atoms with E-state index in [1.165, 1.54) is 11.8 Å². The molecule has 3 aromatic rings. The van der Waals surface area contributed by atoms with Crippen LogP contribution < -0.4 is 5.32 Å². The number of para-hydroxylation sites is 1. The van der Waals surface area contributed by atoms with Crippen molar-refractivity contribution in [2.75, 3.05) is 11.1 Å². The number of nitrogens with one attached hydrogen (secondary N) is 1. The summed E-state index contributed by atoms with van der Waals surface area (Å²) in [4.78, 5) is 12.2. The Bertz CT molecular complexity index is 851. The Hall–Kier alpha value is -2.12. The van der Waals surface area contributed by atoms with Crippen LogP contribution in [-0.4, -0.2) is 26.4 Å². The monoisotopic (exact) mass is 402 g/mol. The highest BCUT2D eigenvalue weighted by Gasteiger charge is 2.11. The molecule has 0 fully saturated rings. The van der Waals surface area contributed by atoms with E-state index < -0.39 is 0 Å².